The molecule has 2 amide bonds. The van der Waals surface area contributed by atoms with Crippen LogP contribution < -0.4 is 10.2 Å². The van der Waals surface area contributed by atoms with Crippen LogP contribution in [0, 0.1) is 11.3 Å². The predicted octanol–water partition coefficient (Wildman–Crippen LogP) is 3.35. The number of carbonyl (C=O) groups is 2. The molecule has 5 nitrogen and oxygen atoms in total. The maximum Gasteiger partial charge on any atom is 0.251 e. The van der Waals surface area contributed by atoms with Crippen molar-refractivity contribution >= 4 is 29.3 Å². The Morgan fingerprint density at radius 1 is 1.22 bits per heavy atom. The third-order valence-electron chi connectivity index (χ3n) is 4.42. The molecule has 1 N–H and O–H groups in total. The highest BCUT2D eigenvalue weighted by Crippen LogP contribution is 2.22. The van der Waals surface area contributed by atoms with Gasteiger partial charge in [-0.05, 0) is 36.2 Å². The van der Waals surface area contributed by atoms with Gasteiger partial charge < -0.3 is 10.2 Å². The number of carbonyl (C=O) groups excluding carboxylic acids is 2. The molecule has 27 heavy (non-hydrogen) atoms. The number of amides is 2. The van der Waals surface area contributed by atoms with Gasteiger partial charge in [0.25, 0.3) is 5.91 Å². The highest BCUT2D eigenvalue weighted by molar-refractivity contribution is 7.98. The lowest BCUT2D eigenvalue weighted by Gasteiger charge is -2.16. The van der Waals surface area contributed by atoms with E-state index in [0.29, 0.717) is 30.6 Å². The van der Waals surface area contributed by atoms with Crippen molar-refractivity contribution in [3.05, 3.63) is 65.2 Å². The van der Waals surface area contributed by atoms with E-state index >= 15 is 0 Å². The monoisotopic (exact) mass is 379 g/mol. The van der Waals surface area contributed by atoms with Crippen LogP contribution in [0.25, 0.3) is 0 Å². The second kappa shape index (κ2) is 9.24. The fourth-order valence-corrected chi connectivity index (χ4v) is 3.87. The Morgan fingerprint density at radius 2 is 2.07 bits per heavy atom. The van der Waals surface area contributed by atoms with Crippen LogP contribution in [0.4, 0.5) is 5.69 Å². The van der Waals surface area contributed by atoms with Gasteiger partial charge in [-0.25, -0.2) is 0 Å². The highest BCUT2D eigenvalue weighted by atomic mass is 32.2. The van der Waals surface area contributed by atoms with Gasteiger partial charge in [-0.2, -0.15) is 17.0 Å². The highest BCUT2D eigenvalue weighted by Gasteiger charge is 2.22. The molecule has 138 valence electrons. The van der Waals surface area contributed by atoms with Gasteiger partial charge in [0.2, 0.25) is 5.91 Å². The first-order valence-electron chi connectivity index (χ1n) is 8.93. The smallest absolute Gasteiger partial charge is 0.251 e. The minimum absolute atomic E-state index is 0.113. The van der Waals surface area contributed by atoms with Crippen LogP contribution in [0.15, 0.2) is 48.5 Å². The molecule has 6 heteroatoms. The van der Waals surface area contributed by atoms with Gasteiger partial charge in [-0.15, -0.1) is 0 Å². The second-order valence-corrected chi connectivity index (χ2v) is 7.38. The van der Waals surface area contributed by atoms with Crippen LogP contribution in [0.2, 0.25) is 0 Å². The molecule has 0 spiro atoms. The van der Waals surface area contributed by atoms with Crippen LogP contribution in [0.5, 0.6) is 0 Å². The lowest BCUT2D eigenvalue weighted by atomic mass is 10.1. The van der Waals surface area contributed by atoms with Crippen molar-refractivity contribution in [3.8, 4) is 6.07 Å². The summed E-state index contributed by atoms with van der Waals surface area (Å²) >= 11 is 1.68. The van der Waals surface area contributed by atoms with Crippen LogP contribution in [-0.2, 0) is 10.5 Å². The van der Waals surface area contributed by atoms with E-state index in [1.165, 1.54) is 0 Å². The van der Waals surface area contributed by atoms with Gasteiger partial charge >= 0.3 is 0 Å². The number of anilines is 1. The minimum Gasteiger partial charge on any atom is -0.351 e. The van der Waals surface area contributed by atoms with Crippen LogP contribution in [0.1, 0.15) is 34.3 Å². The molecule has 0 aromatic heterocycles. The Labute approximate surface area is 163 Å². The second-order valence-electron chi connectivity index (χ2n) is 6.28. The zero-order chi connectivity index (χ0) is 19.1. The van der Waals surface area contributed by atoms with Gasteiger partial charge in [-0.1, -0.05) is 24.3 Å². The van der Waals surface area contributed by atoms with E-state index in [9.17, 15) is 9.59 Å². The normalized spacial score (nSPS) is 13.4. The number of nitrogens with zero attached hydrogens (tertiary/aromatic N) is 2. The standard InChI is InChI=1S/C21H21N3O2S/c22-14-17-5-1-2-6-18(17)15-27-12-10-23-21(26)16-7-3-8-19(13-16)24-11-4-9-20(24)25/h1-3,5-8,13H,4,9-12,15H2,(H,23,26). The van der Waals surface area contributed by atoms with E-state index < -0.39 is 0 Å². The molecule has 1 aliphatic rings. The molecular weight excluding hydrogens is 358 g/mol. The zero-order valence-electron chi connectivity index (χ0n) is 15.0. The third kappa shape index (κ3) is 4.89. The van der Waals surface area contributed by atoms with E-state index in [1.807, 2.05) is 36.4 Å². The number of benzene rings is 2. The lowest BCUT2D eigenvalue weighted by molar-refractivity contribution is -0.117. The Kier molecular flexibility index (Phi) is 6.50. The Balaban J connectivity index is 1.47. The molecule has 0 bridgehead atoms. The lowest BCUT2D eigenvalue weighted by Crippen LogP contribution is -2.27. The maximum atomic E-state index is 12.4. The first kappa shape index (κ1) is 19.0. The van der Waals surface area contributed by atoms with E-state index in [2.05, 4.69) is 11.4 Å². The molecule has 0 atom stereocenters. The number of hydrogen-bond donors (Lipinski definition) is 1. The van der Waals surface area contributed by atoms with Crippen LogP contribution in [0.3, 0.4) is 0 Å². The summed E-state index contributed by atoms with van der Waals surface area (Å²) in [4.78, 5) is 26.0. The van der Waals surface area contributed by atoms with Crippen LogP contribution >= 0.6 is 11.8 Å². The molecule has 2 aromatic carbocycles. The fraction of sp³-hybridized carbons (Fsp3) is 0.286. The fourth-order valence-electron chi connectivity index (χ4n) is 3.01. The molecule has 0 unspecified atom stereocenters. The Hall–Kier alpha value is -2.78. The van der Waals surface area contributed by atoms with E-state index in [0.717, 1.165) is 29.2 Å². The molecule has 1 aliphatic heterocycles. The maximum absolute atomic E-state index is 12.4. The minimum atomic E-state index is -0.137. The molecular formula is C21H21N3O2S. The summed E-state index contributed by atoms with van der Waals surface area (Å²) in [6.45, 7) is 1.26. The van der Waals surface area contributed by atoms with E-state index in [-0.39, 0.29) is 11.8 Å². The summed E-state index contributed by atoms with van der Waals surface area (Å²) in [5.74, 6) is 1.48. The predicted molar refractivity (Wildman–Crippen MR) is 108 cm³/mol. The van der Waals surface area contributed by atoms with Crippen molar-refractivity contribution in [2.45, 2.75) is 18.6 Å². The average Bonchev–Trinajstić information content (AvgIpc) is 3.14. The molecule has 0 saturated carbocycles. The van der Waals surface area contributed by atoms with Crippen LogP contribution in [-0.4, -0.2) is 30.7 Å². The van der Waals surface area contributed by atoms with Gasteiger partial charge in [-0.3, -0.25) is 9.59 Å². The first-order valence-corrected chi connectivity index (χ1v) is 10.1. The molecule has 1 heterocycles. The first-order chi connectivity index (χ1) is 13.2. The summed E-state index contributed by atoms with van der Waals surface area (Å²) in [5, 5.41) is 12.0. The van der Waals surface area contributed by atoms with Gasteiger partial charge in [0.15, 0.2) is 0 Å². The summed E-state index contributed by atoms with van der Waals surface area (Å²) < 4.78 is 0. The van der Waals surface area contributed by atoms with Crippen molar-refractivity contribution in [2.24, 2.45) is 0 Å². The molecule has 1 saturated heterocycles. The van der Waals surface area contributed by atoms with Gasteiger partial charge in [0.05, 0.1) is 11.6 Å². The molecule has 2 aromatic rings. The number of thioether (sulfide) groups is 1. The number of hydrogen-bond acceptors (Lipinski definition) is 4. The van der Waals surface area contributed by atoms with Crippen molar-refractivity contribution < 1.29 is 9.59 Å². The summed E-state index contributed by atoms with van der Waals surface area (Å²) in [6, 6.07) is 17.0. The zero-order valence-corrected chi connectivity index (χ0v) is 15.8. The van der Waals surface area contributed by atoms with Crippen molar-refractivity contribution in [3.63, 3.8) is 0 Å². The number of nitrogens with one attached hydrogen (secondary N) is 1. The van der Waals surface area contributed by atoms with Gasteiger partial charge in [0.1, 0.15) is 0 Å². The largest absolute Gasteiger partial charge is 0.351 e. The molecule has 3 rings (SSSR count). The molecule has 0 aliphatic carbocycles. The molecule has 0 radical (unpaired) electrons. The van der Waals surface area contributed by atoms with Crippen molar-refractivity contribution in [2.75, 3.05) is 23.7 Å². The quantitative estimate of drug-likeness (QED) is 0.749. The van der Waals surface area contributed by atoms with Gasteiger partial charge in [0, 0.05) is 42.3 Å². The van der Waals surface area contributed by atoms with Crippen molar-refractivity contribution in [1.29, 1.82) is 5.26 Å². The Bertz CT molecular complexity index is 876. The van der Waals surface area contributed by atoms with E-state index in [1.54, 1.807) is 28.8 Å². The topological polar surface area (TPSA) is 73.2 Å². The summed E-state index contributed by atoms with van der Waals surface area (Å²) in [7, 11) is 0. The summed E-state index contributed by atoms with van der Waals surface area (Å²) in [6.07, 6.45) is 1.43. The molecule has 1 fully saturated rings. The van der Waals surface area contributed by atoms with E-state index in [4.69, 9.17) is 5.26 Å². The van der Waals surface area contributed by atoms with Crippen molar-refractivity contribution in [1.82, 2.24) is 5.32 Å². The Morgan fingerprint density at radius 3 is 2.85 bits per heavy atom. The summed E-state index contributed by atoms with van der Waals surface area (Å²) in [5.41, 5.74) is 3.06. The number of rotatable bonds is 7. The SMILES string of the molecule is N#Cc1ccccc1CSCCNC(=O)c1cccc(N2CCCC2=O)c1. The third-order valence-corrected chi connectivity index (χ3v) is 5.43. The number of nitriles is 1. The average molecular weight is 379 g/mol.